The first kappa shape index (κ1) is 21.2. The highest BCUT2D eigenvalue weighted by Crippen LogP contribution is 2.28. The van der Waals surface area contributed by atoms with Gasteiger partial charge in [0.15, 0.2) is 5.96 Å². The third kappa shape index (κ3) is 5.31. The van der Waals surface area contributed by atoms with Crippen molar-refractivity contribution in [3.8, 4) is 0 Å². The van der Waals surface area contributed by atoms with E-state index in [2.05, 4.69) is 50.4 Å². The number of nitrogens with zero attached hydrogens (tertiary/aromatic N) is 4. The molecule has 0 amide bonds. The van der Waals surface area contributed by atoms with Gasteiger partial charge in [0.1, 0.15) is 0 Å². The molecule has 2 N–H and O–H groups in total. The lowest BCUT2D eigenvalue weighted by Gasteiger charge is -2.35. The Morgan fingerprint density at radius 3 is 2.68 bits per heavy atom. The number of piperazine rings is 1. The Labute approximate surface area is 174 Å². The molecule has 1 unspecified atom stereocenters. The quantitative estimate of drug-likeness (QED) is 0.560. The molecule has 2 saturated heterocycles. The molecule has 6 nitrogen and oxygen atoms in total. The average Bonchev–Trinajstić information content (AvgIpc) is 3.17. The number of likely N-dealkylation sites (N-methyl/N-ethyl adjacent to an activating group) is 2. The van der Waals surface area contributed by atoms with Gasteiger partial charge >= 0.3 is 0 Å². The van der Waals surface area contributed by atoms with Gasteiger partial charge in [-0.2, -0.15) is 0 Å². The minimum Gasteiger partial charge on any atom is -0.369 e. The third-order valence-electron chi connectivity index (χ3n) is 6.00. The molecular formula is C21H35ClN6. The number of aliphatic imine (C=N–C) groups is 1. The SMILES string of the molecule is CCN1CCCC1CNC(=NC)NCc1c(Cl)cccc1N1CCN(C)CC1. The molecule has 1 atom stereocenters. The van der Waals surface area contributed by atoms with Crippen LogP contribution in [0.3, 0.4) is 0 Å². The molecule has 28 heavy (non-hydrogen) atoms. The molecule has 2 fully saturated rings. The lowest BCUT2D eigenvalue weighted by atomic mass is 10.1. The monoisotopic (exact) mass is 406 g/mol. The zero-order valence-corrected chi connectivity index (χ0v) is 18.3. The summed E-state index contributed by atoms with van der Waals surface area (Å²) < 4.78 is 0. The van der Waals surface area contributed by atoms with Crippen LogP contribution in [0.4, 0.5) is 5.69 Å². The molecule has 1 aromatic carbocycles. The Hall–Kier alpha value is -1.50. The van der Waals surface area contributed by atoms with Gasteiger partial charge in [-0.25, -0.2) is 0 Å². The van der Waals surface area contributed by atoms with Gasteiger partial charge in [-0.3, -0.25) is 9.89 Å². The lowest BCUT2D eigenvalue weighted by molar-refractivity contribution is 0.267. The van der Waals surface area contributed by atoms with E-state index in [1.807, 2.05) is 19.2 Å². The predicted molar refractivity (Wildman–Crippen MR) is 120 cm³/mol. The summed E-state index contributed by atoms with van der Waals surface area (Å²) in [6.45, 7) is 10.4. The summed E-state index contributed by atoms with van der Waals surface area (Å²) in [7, 11) is 4.01. The summed E-state index contributed by atoms with van der Waals surface area (Å²) in [6.07, 6.45) is 2.55. The second-order valence-corrected chi connectivity index (χ2v) is 8.17. The minimum atomic E-state index is 0.602. The number of guanidine groups is 1. The Morgan fingerprint density at radius 1 is 1.18 bits per heavy atom. The number of benzene rings is 1. The molecule has 1 aromatic rings. The Balaban J connectivity index is 1.59. The predicted octanol–water partition coefficient (Wildman–Crippen LogP) is 2.24. The maximum absolute atomic E-state index is 6.58. The number of hydrogen-bond donors (Lipinski definition) is 2. The zero-order chi connectivity index (χ0) is 19.9. The van der Waals surface area contributed by atoms with Crippen LogP contribution in [0.2, 0.25) is 5.02 Å². The first-order valence-corrected chi connectivity index (χ1v) is 10.9. The van der Waals surface area contributed by atoms with Gasteiger partial charge in [-0.1, -0.05) is 24.6 Å². The summed E-state index contributed by atoms with van der Waals surface area (Å²) >= 11 is 6.58. The van der Waals surface area contributed by atoms with Gasteiger partial charge in [-0.05, 0) is 45.1 Å². The van der Waals surface area contributed by atoms with E-state index in [0.29, 0.717) is 12.6 Å². The standard InChI is InChI=1S/C21H35ClN6/c1-4-27-10-6-7-17(27)15-24-21(23-2)25-16-18-19(22)8-5-9-20(18)28-13-11-26(3)12-14-28/h5,8-9,17H,4,6-7,10-16H2,1-3H3,(H2,23,24,25). The first-order chi connectivity index (χ1) is 13.6. The van der Waals surface area contributed by atoms with Crippen LogP contribution >= 0.6 is 11.6 Å². The van der Waals surface area contributed by atoms with E-state index in [1.165, 1.54) is 25.1 Å². The fourth-order valence-corrected chi connectivity index (χ4v) is 4.45. The number of likely N-dealkylation sites (tertiary alicyclic amines) is 1. The molecule has 0 aromatic heterocycles. The fraction of sp³-hybridized carbons (Fsp3) is 0.667. The molecule has 156 valence electrons. The molecule has 0 bridgehead atoms. The molecule has 0 aliphatic carbocycles. The molecule has 0 spiro atoms. The van der Waals surface area contributed by atoms with Crippen LogP contribution in [-0.4, -0.2) is 81.7 Å². The molecular weight excluding hydrogens is 372 g/mol. The first-order valence-electron chi connectivity index (χ1n) is 10.5. The van der Waals surface area contributed by atoms with Crippen LogP contribution in [0, 0.1) is 0 Å². The van der Waals surface area contributed by atoms with Crippen molar-refractivity contribution in [1.29, 1.82) is 0 Å². The van der Waals surface area contributed by atoms with Crippen LogP contribution in [0.5, 0.6) is 0 Å². The Kier molecular flexibility index (Phi) is 7.82. The molecule has 7 heteroatoms. The van der Waals surface area contributed by atoms with Gasteiger partial charge in [-0.15, -0.1) is 0 Å². The van der Waals surface area contributed by atoms with E-state index in [-0.39, 0.29) is 0 Å². The van der Waals surface area contributed by atoms with Crippen molar-refractivity contribution in [2.45, 2.75) is 32.4 Å². The second kappa shape index (κ2) is 10.3. The van der Waals surface area contributed by atoms with E-state index >= 15 is 0 Å². The summed E-state index contributed by atoms with van der Waals surface area (Å²) in [5, 5.41) is 7.79. The Morgan fingerprint density at radius 2 is 1.96 bits per heavy atom. The fourth-order valence-electron chi connectivity index (χ4n) is 4.22. The molecule has 0 radical (unpaired) electrons. The highest BCUT2D eigenvalue weighted by molar-refractivity contribution is 6.31. The highest BCUT2D eigenvalue weighted by Gasteiger charge is 2.23. The van der Waals surface area contributed by atoms with E-state index in [0.717, 1.165) is 55.8 Å². The second-order valence-electron chi connectivity index (χ2n) is 7.76. The smallest absolute Gasteiger partial charge is 0.191 e. The maximum Gasteiger partial charge on any atom is 0.191 e. The van der Waals surface area contributed by atoms with E-state index in [9.17, 15) is 0 Å². The molecule has 2 aliphatic heterocycles. The van der Waals surface area contributed by atoms with E-state index in [1.54, 1.807) is 0 Å². The lowest BCUT2D eigenvalue weighted by Crippen LogP contribution is -2.46. The molecule has 2 heterocycles. The van der Waals surface area contributed by atoms with E-state index in [4.69, 9.17) is 11.6 Å². The van der Waals surface area contributed by atoms with Crippen molar-refractivity contribution in [1.82, 2.24) is 20.4 Å². The van der Waals surface area contributed by atoms with Crippen LogP contribution in [-0.2, 0) is 6.54 Å². The van der Waals surface area contributed by atoms with Crippen molar-refractivity contribution in [2.75, 3.05) is 64.8 Å². The van der Waals surface area contributed by atoms with Gasteiger partial charge in [0.2, 0.25) is 0 Å². The number of halogens is 1. The van der Waals surface area contributed by atoms with Crippen molar-refractivity contribution in [3.63, 3.8) is 0 Å². The third-order valence-corrected chi connectivity index (χ3v) is 6.36. The van der Waals surface area contributed by atoms with Crippen LogP contribution in [0.1, 0.15) is 25.3 Å². The van der Waals surface area contributed by atoms with Crippen LogP contribution < -0.4 is 15.5 Å². The summed E-state index contributed by atoms with van der Waals surface area (Å²) in [6, 6.07) is 6.81. The summed E-state index contributed by atoms with van der Waals surface area (Å²) in [5.41, 5.74) is 2.38. The summed E-state index contributed by atoms with van der Waals surface area (Å²) in [5.74, 6) is 0.840. The molecule has 2 aliphatic rings. The van der Waals surface area contributed by atoms with Crippen LogP contribution in [0.25, 0.3) is 0 Å². The van der Waals surface area contributed by atoms with E-state index < -0.39 is 0 Å². The number of rotatable bonds is 6. The van der Waals surface area contributed by atoms with Crippen molar-refractivity contribution >= 4 is 23.2 Å². The van der Waals surface area contributed by atoms with Crippen LogP contribution in [0.15, 0.2) is 23.2 Å². The average molecular weight is 407 g/mol. The van der Waals surface area contributed by atoms with Crippen molar-refractivity contribution in [3.05, 3.63) is 28.8 Å². The van der Waals surface area contributed by atoms with Gasteiger partial charge in [0.05, 0.1) is 0 Å². The topological polar surface area (TPSA) is 46.1 Å². The molecule has 0 saturated carbocycles. The Bertz CT molecular complexity index is 656. The van der Waals surface area contributed by atoms with Gasteiger partial charge in [0.25, 0.3) is 0 Å². The normalized spacial score (nSPS) is 21.9. The number of nitrogens with one attached hydrogen (secondary N) is 2. The molecule has 3 rings (SSSR count). The minimum absolute atomic E-state index is 0.602. The van der Waals surface area contributed by atoms with Crippen molar-refractivity contribution < 1.29 is 0 Å². The largest absolute Gasteiger partial charge is 0.369 e. The number of anilines is 1. The highest BCUT2D eigenvalue weighted by atomic mass is 35.5. The van der Waals surface area contributed by atoms with Gasteiger partial charge in [0, 0.05) is 68.6 Å². The zero-order valence-electron chi connectivity index (χ0n) is 17.5. The van der Waals surface area contributed by atoms with Gasteiger partial charge < -0.3 is 20.4 Å². The maximum atomic E-state index is 6.58. The summed E-state index contributed by atoms with van der Waals surface area (Å²) in [4.78, 5) is 11.8. The number of hydrogen-bond acceptors (Lipinski definition) is 4. The van der Waals surface area contributed by atoms with Crippen molar-refractivity contribution in [2.24, 2.45) is 4.99 Å².